The molecule has 4 rings (SSSR count). The van der Waals surface area contributed by atoms with E-state index in [9.17, 15) is 9.59 Å². The number of nitrogens with one attached hydrogen (secondary N) is 1. The van der Waals surface area contributed by atoms with Crippen molar-refractivity contribution >= 4 is 40.6 Å². The lowest BCUT2D eigenvalue weighted by Gasteiger charge is -2.31. The minimum atomic E-state index is -0.303. The molecule has 0 radical (unpaired) electrons. The Morgan fingerprint density at radius 3 is 2.79 bits per heavy atom. The third-order valence-corrected chi connectivity index (χ3v) is 7.45. The summed E-state index contributed by atoms with van der Waals surface area (Å²) in [7, 11) is 1.51. The average Bonchev–Trinajstić information content (AvgIpc) is 3.38. The van der Waals surface area contributed by atoms with Gasteiger partial charge in [0.15, 0.2) is 0 Å². The fourth-order valence-corrected chi connectivity index (χ4v) is 5.41. The molecule has 1 aliphatic heterocycles. The molecule has 1 saturated heterocycles. The van der Waals surface area contributed by atoms with Crippen molar-refractivity contribution in [3.05, 3.63) is 71.0 Å². The first-order valence-electron chi connectivity index (χ1n) is 10.8. The second kappa shape index (κ2) is 11.3. The molecule has 0 spiro atoms. The number of ether oxygens (including phenoxy) is 1. The van der Waals surface area contributed by atoms with Crippen LogP contribution in [0.15, 0.2) is 59.7 Å². The highest BCUT2D eigenvalue weighted by Crippen LogP contribution is 2.32. The van der Waals surface area contributed by atoms with Crippen LogP contribution in [0.1, 0.15) is 44.6 Å². The molecule has 8 nitrogen and oxygen atoms in total. The number of carbonyl (C=O) groups excluding carboxylic acids is 2. The van der Waals surface area contributed by atoms with Crippen molar-refractivity contribution in [3.8, 4) is 5.88 Å². The van der Waals surface area contributed by atoms with Gasteiger partial charge in [-0.3, -0.25) is 9.59 Å². The Morgan fingerprint density at radius 2 is 2.03 bits per heavy atom. The first-order chi connectivity index (χ1) is 16.6. The molecule has 4 heterocycles. The average molecular weight is 496 g/mol. The molecular weight excluding hydrogens is 470 g/mol. The van der Waals surface area contributed by atoms with Crippen LogP contribution in [0.4, 0.5) is 5.69 Å². The van der Waals surface area contributed by atoms with Crippen molar-refractivity contribution in [1.29, 1.82) is 0 Å². The fraction of sp³-hybridized carbons (Fsp3) is 0.292. The van der Waals surface area contributed by atoms with Crippen molar-refractivity contribution in [2.45, 2.75) is 23.8 Å². The lowest BCUT2D eigenvalue weighted by molar-refractivity contribution is 0.0708. The Kier molecular flexibility index (Phi) is 7.91. The highest BCUT2D eigenvalue weighted by molar-refractivity contribution is 7.99. The van der Waals surface area contributed by atoms with Crippen LogP contribution in [-0.2, 0) is 0 Å². The smallest absolute Gasteiger partial charge is 0.275 e. The van der Waals surface area contributed by atoms with E-state index in [-0.39, 0.29) is 17.7 Å². The van der Waals surface area contributed by atoms with Crippen LogP contribution in [-0.4, -0.2) is 57.6 Å². The number of amides is 2. The molecule has 0 unspecified atom stereocenters. The lowest BCUT2D eigenvalue weighted by Crippen LogP contribution is -2.38. The molecule has 0 aliphatic carbocycles. The van der Waals surface area contributed by atoms with Crippen LogP contribution >= 0.6 is 23.1 Å². The Bertz CT molecular complexity index is 1170. The van der Waals surface area contributed by atoms with Crippen LogP contribution in [0.3, 0.4) is 0 Å². The normalized spacial score (nSPS) is 14.0. The van der Waals surface area contributed by atoms with Crippen molar-refractivity contribution in [2.75, 3.05) is 31.3 Å². The fourth-order valence-electron chi connectivity index (χ4n) is 3.72. The molecule has 2 amide bonds. The summed E-state index contributed by atoms with van der Waals surface area (Å²) in [6.07, 6.45) is 6.70. The predicted octanol–water partition coefficient (Wildman–Crippen LogP) is 4.49. The number of carbonyl (C=O) groups is 2. The number of piperidine rings is 1. The van der Waals surface area contributed by atoms with Crippen molar-refractivity contribution in [2.24, 2.45) is 0 Å². The number of methoxy groups -OCH3 is 1. The number of nitrogens with zero attached hydrogens (tertiary/aromatic N) is 4. The number of pyridine rings is 2. The third kappa shape index (κ3) is 5.45. The standard InChI is InChI=1S/C24H25N5O3S2/c1-3-14-33-23-17(6-4-11-26-23)24(31)29-12-8-16(9-13-29)22-28-19(15-34-22)20(30)27-18-7-5-10-25-21(18)32-2/h3-7,10-11,15-16H,1,8-9,12-14H2,2H3,(H,27,30). The summed E-state index contributed by atoms with van der Waals surface area (Å²) in [5.41, 5.74) is 1.49. The summed E-state index contributed by atoms with van der Waals surface area (Å²) in [6, 6.07) is 7.08. The van der Waals surface area contributed by atoms with Gasteiger partial charge >= 0.3 is 0 Å². The maximum atomic E-state index is 13.1. The predicted molar refractivity (Wildman–Crippen MR) is 134 cm³/mol. The Hall–Kier alpha value is -3.24. The summed E-state index contributed by atoms with van der Waals surface area (Å²) < 4.78 is 5.18. The van der Waals surface area contributed by atoms with Gasteiger partial charge in [-0.1, -0.05) is 6.08 Å². The van der Waals surface area contributed by atoms with E-state index >= 15 is 0 Å². The zero-order valence-corrected chi connectivity index (χ0v) is 20.4. The van der Waals surface area contributed by atoms with E-state index in [1.165, 1.54) is 30.2 Å². The largest absolute Gasteiger partial charge is 0.480 e. The molecule has 0 atom stereocenters. The zero-order valence-electron chi connectivity index (χ0n) is 18.8. The summed E-state index contributed by atoms with van der Waals surface area (Å²) in [6.45, 7) is 5.01. The molecule has 0 aromatic carbocycles. The molecule has 1 N–H and O–H groups in total. The topological polar surface area (TPSA) is 97.3 Å². The van der Waals surface area contributed by atoms with Gasteiger partial charge in [-0.05, 0) is 37.1 Å². The number of aromatic nitrogens is 3. The highest BCUT2D eigenvalue weighted by atomic mass is 32.2. The SMILES string of the molecule is C=CCSc1ncccc1C(=O)N1CCC(c2nc(C(=O)Nc3cccnc3OC)cs2)CC1. The third-order valence-electron chi connectivity index (χ3n) is 5.44. The van der Waals surface area contributed by atoms with E-state index in [1.54, 1.807) is 42.0 Å². The number of hydrogen-bond donors (Lipinski definition) is 1. The quantitative estimate of drug-likeness (QED) is 0.363. The summed E-state index contributed by atoms with van der Waals surface area (Å²) >= 11 is 2.99. The molecule has 0 saturated carbocycles. The molecule has 10 heteroatoms. The van der Waals surface area contributed by atoms with E-state index in [0.29, 0.717) is 41.7 Å². The Morgan fingerprint density at radius 1 is 1.26 bits per heavy atom. The molecule has 1 fully saturated rings. The van der Waals surface area contributed by atoms with Gasteiger partial charge in [-0.2, -0.15) is 0 Å². The van der Waals surface area contributed by atoms with Gasteiger partial charge in [0.1, 0.15) is 16.4 Å². The maximum absolute atomic E-state index is 13.1. The number of likely N-dealkylation sites (tertiary alicyclic amines) is 1. The molecule has 34 heavy (non-hydrogen) atoms. The van der Waals surface area contributed by atoms with Crippen molar-refractivity contribution < 1.29 is 14.3 Å². The van der Waals surface area contributed by atoms with Crippen LogP contribution < -0.4 is 10.1 Å². The van der Waals surface area contributed by atoms with Crippen LogP contribution in [0.25, 0.3) is 0 Å². The minimum absolute atomic E-state index is 0.00253. The van der Waals surface area contributed by atoms with Gasteiger partial charge in [0.2, 0.25) is 5.88 Å². The summed E-state index contributed by atoms with van der Waals surface area (Å²) in [5, 5.41) is 6.22. The van der Waals surface area contributed by atoms with Gasteiger partial charge in [-0.15, -0.1) is 29.7 Å². The Balaban J connectivity index is 1.37. The zero-order chi connectivity index (χ0) is 23.9. The molecule has 0 bridgehead atoms. The Labute approximate surface area is 206 Å². The first-order valence-corrected chi connectivity index (χ1v) is 12.7. The van der Waals surface area contributed by atoms with Gasteiger partial charge in [0.05, 0.1) is 17.7 Å². The summed E-state index contributed by atoms with van der Waals surface area (Å²) in [5.74, 6) is 0.965. The van der Waals surface area contributed by atoms with Crippen molar-refractivity contribution in [1.82, 2.24) is 19.9 Å². The van der Waals surface area contributed by atoms with E-state index in [0.717, 1.165) is 22.9 Å². The number of hydrogen-bond acceptors (Lipinski definition) is 8. The molecule has 1 aliphatic rings. The van der Waals surface area contributed by atoms with Crippen molar-refractivity contribution in [3.63, 3.8) is 0 Å². The second-order valence-corrected chi connectivity index (χ2v) is 9.51. The number of thiazole rings is 1. The minimum Gasteiger partial charge on any atom is -0.480 e. The van der Waals surface area contributed by atoms with E-state index in [1.807, 2.05) is 11.0 Å². The monoisotopic (exact) mass is 495 g/mol. The first kappa shape index (κ1) is 23.9. The molecule has 3 aromatic heterocycles. The number of rotatable bonds is 8. The highest BCUT2D eigenvalue weighted by Gasteiger charge is 2.28. The molecule has 3 aromatic rings. The van der Waals surface area contributed by atoms with Crippen LogP contribution in [0, 0.1) is 0 Å². The van der Waals surface area contributed by atoms with E-state index in [4.69, 9.17) is 4.74 Å². The maximum Gasteiger partial charge on any atom is 0.275 e. The van der Waals surface area contributed by atoms with Gasteiger partial charge in [-0.25, -0.2) is 15.0 Å². The van der Waals surface area contributed by atoms with Gasteiger partial charge in [0, 0.05) is 42.5 Å². The molecular formula is C24H25N5O3S2. The molecule has 176 valence electrons. The number of thioether (sulfide) groups is 1. The van der Waals surface area contributed by atoms with Gasteiger partial charge in [0.25, 0.3) is 11.8 Å². The van der Waals surface area contributed by atoms with Crippen LogP contribution in [0.2, 0.25) is 0 Å². The second-order valence-electron chi connectivity index (χ2n) is 7.61. The van der Waals surface area contributed by atoms with E-state index < -0.39 is 0 Å². The van der Waals surface area contributed by atoms with Gasteiger partial charge < -0.3 is 15.0 Å². The number of anilines is 1. The van der Waals surface area contributed by atoms with Crippen LogP contribution in [0.5, 0.6) is 5.88 Å². The lowest BCUT2D eigenvalue weighted by atomic mass is 9.97. The summed E-state index contributed by atoms with van der Waals surface area (Å²) in [4.78, 5) is 40.7. The van der Waals surface area contributed by atoms with E-state index in [2.05, 4.69) is 26.8 Å².